The van der Waals surface area contributed by atoms with Gasteiger partial charge in [0.2, 0.25) is 0 Å². The summed E-state index contributed by atoms with van der Waals surface area (Å²) in [4.78, 5) is 35.8. The maximum atomic E-state index is 12.6. The van der Waals surface area contributed by atoms with E-state index in [1.807, 2.05) is 30.3 Å². The predicted octanol–water partition coefficient (Wildman–Crippen LogP) is 1.99. The average molecular weight is 361 g/mol. The van der Waals surface area contributed by atoms with Crippen LogP contribution < -0.4 is 5.32 Å². The standard InChI is InChI=1S/C18H23N3O5/c1-18(2,3)26-17(25)19-14-10-9-13(12-7-5-4-6-8-12)20-21(16(14)24)11-15(22)23/h4-8,14H,9-11H2,1-3H3,(H,19,25)(H,22,23)/t14-/m0/s1. The molecule has 0 unspecified atom stereocenters. The van der Waals surface area contributed by atoms with Gasteiger partial charge in [-0.1, -0.05) is 30.3 Å². The van der Waals surface area contributed by atoms with Crippen LogP contribution >= 0.6 is 0 Å². The molecule has 1 heterocycles. The van der Waals surface area contributed by atoms with E-state index in [2.05, 4.69) is 10.4 Å². The third kappa shape index (κ3) is 5.58. The van der Waals surface area contributed by atoms with Crippen LogP contribution in [0.5, 0.6) is 0 Å². The number of carboxylic acid groups (broad SMARTS) is 1. The van der Waals surface area contributed by atoms with Crippen molar-refractivity contribution in [2.75, 3.05) is 6.54 Å². The number of ether oxygens (including phenoxy) is 1. The van der Waals surface area contributed by atoms with Gasteiger partial charge < -0.3 is 15.2 Å². The number of aliphatic carboxylic acids is 1. The fourth-order valence-corrected chi connectivity index (χ4v) is 2.49. The van der Waals surface area contributed by atoms with E-state index in [0.29, 0.717) is 18.6 Å². The molecule has 1 aromatic carbocycles. The van der Waals surface area contributed by atoms with Crippen LogP contribution in [0, 0.1) is 0 Å². The van der Waals surface area contributed by atoms with Crippen LogP contribution in [0.15, 0.2) is 35.4 Å². The first-order valence-corrected chi connectivity index (χ1v) is 8.31. The molecule has 0 aromatic heterocycles. The number of hydrogen-bond donors (Lipinski definition) is 2. The Hall–Kier alpha value is -2.90. The summed E-state index contributed by atoms with van der Waals surface area (Å²) < 4.78 is 5.18. The molecule has 1 atom stereocenters. The van der Waals surface area contributed by atoms with Crippen molar-refractivity contribution in [3.05, 3.63) is 35.9 Å². The predicted molar refractivity (Wildman–Crippen MR) is 94.7 cm³/mol. The number of alkyl carbamates (subject to hydrolysis) is 1. The van der Waals surface area contributed by atoms with Crippen molar-refractivity contribution in [2.45, 2.75) is 45.3 Å². The van der Waals surface area contributed by atoms with E-state index in [9.17, 15) is 14.4 Å². The molecule has 1 aliphatic rings. The molecule has 2 N–H and O–H groups in total. The van der Waals surface area contributed by atoms with Gasteiger partial charge >= 0.3 is 12.1 Å². The molecule has 0 radical (unpaired) electrons. The Kier molecular flexibility index (Phi) is 5.97. The lowest BCUT2D eigenvalue weighted by Gasteiger charge is -2.24. The van der Waals surface area contributed by atoms with E-state index in [-0.39, 0.29) is 0 Å². The molecular weight excluding hydrogens is 338 g/mol. The van der Waals surface area contributed by atoms with Crippen LogP contribution in [-0.2, 0) is 14.3 Å². The van der Waals surface area contributed by atoms with Gasteiger partial charge in [0.1, 0.15) is 18.2 Å². The lowest BCUT2D eigenvalue weighted by molar-refractivity contribution is -0.145. The van der Waals surface area contributed by atoms with E-state index in [0.717, 1.165) is 10.6 Å². The quantitative estimate of drug-likeness (QED) is 0.852. The number of rotatable bonds is 4. The lowest BCUT2D eigenvalue weighted by Crippen LogP contribution is -2.48. The molecule has 0 bridgehead atoms. The Morgan fingerprint density at radius 2 is 1.96 bits per heavy atom. The Morgan fingerprint density at radius 3 is 2.54 bits per heavy atom. The van der Waals surface area contributed by atoms with Crippen molar-refractivity contribution in [3.63, 3.8) is 0 Å². The van der Waals surface area contributed by atoms with Crippen LogP contribution in [0.25, 0.3) is 0 Å². The summed E-state index contributed by atoms with van der Waals surface area (Å²) in [5, 5.41) is 16.7. The highest BCUT2D eigenvalue weighted by Crippen LogP contribution is 2.17. The van der Waals surface area contributed by atoms with Crippen molar-refractivity contribution in [1.29, 1.82) is 0 Å². The summed E-state index contributed by atoms with van der Waals surface area (Å²) in [7, 11) is 0. The number of carboxylic acids is 1. The minimum atomic E-state index is -1.19. The summed E-state index contributed by atoms with van der Waals surface area (Å²) >= 11 is 0. The highest BCUT2D eigenvalue weighted by molar-refractivity contribution is 6.03. The molecule has 2 rings (SSSR count). The molecule has 0 fully saturated rings. The minimum Gasteiger partial charge on any atom is -0.480 e. The van der Waals surface area contributed by atoms with Crippen molar-refractivity contribution >= 4 is 23.7 Å². The second-order valence-electron chi connectivity index (χ2n) is 6.94. The number of amides is 2. The lowest BCUT2D eigenvalue weighted by atomic mass is 10.0. The summed E-state index contributed by atoms with van der Waals surface area (Å²) in [5.74, 6) is -1.77. The fraction of sp³-hybridized carbons (Fsp3) is 0.444. The van der Waals surface area contributed by atoms with Crippen molar-refractivity contribution < 1.29 is 24.2 Å². The first-order chi connectivity index (χ1) is 12.2. The zero-order valence-electron chi connectivity index (χ0n) is 15.1. The Bertz CT molecular complexity index is 709. The molecule has 1 aromatic rings. The summed E-state index contributed by atoms with van der Waals surface area (Å²) in [6, 6.07) is 8.29. The molecule has 8 nitrogen and oxygen atoms in total. The van der Waals surface area contributed by atoms with E-state index >= 15 is 0 Å². The van der Waals surface area contributed by atoms with Crippen LogP contribution in [0.4, 0.5) is 4.79 Å². The molecule has 2 amide bonds. The van der Waals surface area contributed by atoms with E-state index in [4.69, 9.17) is 9.84 Å². The smallest absolute Gasteiger partial charge is 0.408 e. The number of carbonyl (C=O) groups excluding carboxylic acids is 2. The molecular formula is C18H23N3O5. The van der Waals surface area contributed by atoms with Crippen LogP contribution in [0.3, 0.4) is 0 Å². The largest absolute Gasteiger partial charge is 0.480 e. The van der Waals surface area contributed by atoms with Gasteiger partial charge in [0, 0.05) is 0 Å². The summed E-state index contributed by atoms with van der Waals surface area (Å²) in [5.41, 5.74) is 0.687. The SMILES string of the molecule is CC(C)(C)OC(=O)N[C@H]1CCC(c2ccccc2)=NN(CC(=O)O)C1=O. The molecule has 8 heteroatoms. The second-order valence-corrected chi connectivity index (χ2v) is 6.94. The van der Waals surface area contributed by atoms with Crippen LogP contribution in [-0.4, -0.2) is 52.0 Å². The fourth-order valence-electron chi connectivity index (χ4n) is 2.49. The second kappa shape index (κ2) is 7.99. The van der Waals surface area contributed by atoms with Crippen LogP contribution in [0.2, 0.25) is 0 Å². The molecule has 0 saturated carbocycles. The highest BCUT2D eigenvalue weighted by atomic mass is 16.6. The molecule has 1 aliphatic heterocycles. The van der Waals surface area contributed by atoms with E-state index < -0.39 is 36.2 Å². The normalized spacial score (nSPS) is 18.0. The minimum absolute atomic E-state index is 0.294. The van der Waals surface area contributed by atoms with E-state index in [1.54, 1.807) is 20.8 Å². The average Bonchev–Trinajstić information content (AvgIpc) is 2.67. The van der Waals surface area contributed by atoms with Crippen LogP contribution in [0.1, 0.15) is 39.2 Å². The molecule has 0 aliphatic carbocycles. The van der Waals surface area contributed by atoms with Crippen molar-refractivity contribution in [3.8, 4) is 0 Å². The number of nitrogens with zero attached hydrogens (tertiary/aromatic N) is 2. The maximum absolute atomic E-state index is 12.6. The van der Waals surface area contributed by atoms with Gasteiger partial charge in [-0.15, -0.1) is 0 Å². The van der Waals surface area contributed by atoms with Gasteiger partial charge in [-0.05, 0) is 39.2 Å². The van der Waals surface area contributed by atoms with Crippen molar-refractivity contribution in [2.24, 2.45) is 5.10 Å². The molecule has 0 saturated heterocycles. The van der Waals surface area contributed by atoms with E-state index in [1.165, 1.54) is 0 Å². The first-order valence-electron chi connectivity index (χ1n) is 8.31. The van der Waals surface area contributed by atoms with Gasteiger partial charge in [0.15, 0.2) is 0 Å². The Labute approximate surface area is 151 Å². The third-order valence-electron chi connectivity index (χ3n) is 3.55. The zero-order valence-corrected chi connectivity index (χ0v) is 15.1. The van der Waals surface area contributed by atoms with Gasteiger partial charge in [-0.3, -0.25) is 9.59 Å². The van der Waals surface area contributed by atoms with Gasteiger partial charge in [-0.25, -0.2) is 9.80 Å². The maximum Gasteiger partial charge on any atom is 0.408 e. The number of hydrogen-bond acceptors (Lipinski definition) is 5. The molecule has 140 valence electrons. The van der Waals surface area contributed by atoms with Gasteiger partial charge in [0.25, 0.3) is 5.91 Å². The summed E-state index contributed by atoms with van der Waals surface area (Å²) in [6.07, 6.45) is -0.0249. The third-order valence-corrected chi connectivity index (χ3v) is 3.55. The number of carbonyl (C=O) groups is 3. The Morgan fingerprint density at radius 1 is 1.31 bits per heavy atom. The topological polar surface area (TPSA) is 108 Å². The number of hydrazone groups is 1. The van der Waals surface area contributed by atoms with Crippen molar-refractivity contribution in [1.82, 2.24) is 10.3 Å². The van der Waals surface area contributed by atoms with Gasteiger partial charge in [0.05, 0.1) is 5.71 Å². The first kappa shape index (κ1) is 19.4. The monoisotopic (exact) mass is 361 g/mol. The number of benzene rings is 1. The van der Waals surface area contributed by atoms with Gasteiger partial charge in [-0.2, -0.15) is 5.10 Å². The molecule has 0 spiro atoms. The Balaban J connectivity index is 2.21. The molecule has 26 heavy (non-hydrogen) atoms. The highest BCUT2D eigenvalue weighted by Gasteiger charge is 2.32. The zero-order chi connectivity index (χ0) is 19.3. The summed E-state index contributed by atoms with van der Waals surface area (Å²) in [6.45, 7) is 4.57. The number of nitrogens with one attached hydrogen (secondary N) is 1.